The van der Waals surface area contributed by atoms with Crippen LogP contribution in [0.3, 0.4) is 0 Å². The van der Waals surface area contributed by atoms with E-state index in [9.17, 15) is 0 Å². The largest absolute Gasteiger partial charge is 0.497 e. The lowest BCUT2D eigenvalue weighted by atomic mass is 10.2. The van der Waals surface area contributed by atoms with E-state index in [2.05, 4.69) is 19.2 Å². The van der Waals surface area contributed by atoms with Gasteiger partial charge in [-0.05, 0) is 24.8 Å². The molecule has 0 heterocycles. The summed E-state index contributed by atoms with van der Waals surface area (Å²) in [5, 5.41) is 3.39. The zero-order chi connectivity index (χ0) is 12.0. The Hall–Kier alpha value is -1.03. The number of nitrogens with two attached hydrogens (primary N) is 1. The minimum atomic E-state index is 0.402. The van der Waals surface area contributed by atoms with Gasteiger partial charge in [0.05, 0.1) is 18.5 Å². The van der Waals surface area contributed by atoms with Gasteiger partial charge in [-0.15, -0.1) is 0 Å². The molecule has 0 bridgehead atoms. The molecule has 0 aliphatic heterocycles. The van der Waals surface area contributed by atoms with Gasteiger partial charge in [-0.3, -0.25) is 0 Å². The molecule has 1 atom stereocenters. The molecule has 0 spiro atoms. The summed E-state index contributed by atoms with van der Waals surface area (Å²) in [7, 11) is 1.66. The number of methoxy groups -OCH3 is 1. The van der Waals surface area contributed by atoms with Crippen LogP contribution in [0.25, 0.3) is 0 Å². The van der Waals surface area contributed by atoms with Gasteiger partial charge in [0.2, 0.25) is 0 Å². The number of nitrogen functional groups attached to an aromatic ring is 1. The third-order valence-corrected chi connectivity index (χ3v) is 3.38. The first-order valence-corrected chi connectivity index (χ1v) is 6.60. The highest BCUT2D eigenvalue weighted by Gasteiger charge is 2.05. The van der Waals surface area contributed by atoms with E-state index in [1.54, 1.807) is 7.11 Å². The first-order chi connectivity index (χ1) is 7.67. The van der Waals surface area contributed by atoms with Crippen LogP contribution in [0.2, 0.25) is 0 Å². The van der Waals surface area contributed by atoms with Crippen LogP contribution >= 0.6 is 11.8 Å². The Morgan fingerprint density at radius 1 is 1.50 bits per heavy atom. The van der Waals surface area contributed by atoms with Gasteiger partial charge in [-0.1, -0.05) is 6.92 Å². The van der Waals surface area contributed by atoms with Gasteiger partial charge in [0.25, 0.3) is 0 Å². The predicted octanol–water partition coefficient (Wildman–Crippen LogP) is 2.83. The molecule has 16 heavy (non-hydrogen) atoms. The minimum absolute atomic E-state index is 0.402. The van der Waals surface area contributed by atoms with Crippen LogP contribution in [-0.4, -0.2) is 24.7 Å². The highest BCUT2D eigenvalue weighted by Crippen LogP contribution is 2.25. The van der Waals surface area contributed by atoms with E-state index in [0.29, 0.717) is 6.04 Å². The molecular weight excluding hydrogens is 220 g/mol. The van der Waals surface area contributed by atoms with Crippen molar-refractivity contribution in [1.82, 2.24) is 0 Å². The van der Waals surface area contributed by atoms with Crippen molar-refractivity contribution in [1.29, 1.82) is 0 Å². The summed E-state index contributed by atoms with van der Waals surface area (Å²) in [6, 6.07) is 6.06. The van der Waals surface area contributed by atoms with Crippen LogP contribution < -0.4 is 15.8 Å². The van der Waals surface area contributed by atoms with Crippen molar-refractivity contribution in [2.24, 2.45) is 0 Å². The van der Waals surface area contributed by atoms with E-state index in [0.717, 1.165) is 28.6 Å². The first-order valence-electron chi connectivity index (χ1n) is 5.45. The Bertz CT molecular complexity index is 331. The van der Waals surface area contributed by atoms with Crippen LogP contribution in [0, 0.1) is 0 Å². The molecule has 3 N–H and O–H groups in total. The van der Waals surface area contributed by atoms with Crippen molar-refractivity contribution in [3.63, 3.8) is 0 Å². The summed E-state index contributed by atoms with van der Waals surface area (Å²) in [5.41, 5.74) is 7.60. The van der Waals surface area contributed by atoms with E-state index in [-0.39, 0.29) is 0 Å². The Morgan fingerprint density at radius 2 is 2.25 bits per heavy atom. The van der Waals surface area contributed by atoms with Gasteiger partial charge in [0, 0.05) is 17.9 Å². The van der Waals surface area contributed by atoms with E-state index in [4.69, 9.17) is 10.5 Å². The van der Waals surface area contributed by atoms with E-state index < -0.39 is 0 Å². The number of anilines is 2. The Balaban J connectivity index is 2.64. The zero-order valence-corrected chi connectivity index (χ0v) is 10.9. The molecule has 0 saturated heterocycles. The van der Waals surface area contributed by atoms with Crippen molar-refractivity contribution in [3.05, 3.63) is 18.2 Å². The quantitative estimate of drug-likeness (QED) is 0.751. The van der Waals surface area contributed by atoms with Crippen LogP contribution in [0.5, 0.6) is 5.75 Å². The normalized spacial score (nSPS) is 12.2. The van der Waals surface area contributed by atoms with Gasteiger partial charge in [0.1, 0.15) is 5.75 Å². The van der Waals surface area contributed by atoms with E-state index in [1.807, 2.05) is 30.0 Å². The van der Waals surface area contributed by atoms with E-state index in [1.165, 1.54) is 0 Å². The van der Waals surface area contributed by atoms with E-state index >= 15 is 0 Å². The Labute approximate surface area is 102 Å². The average Bonchev–Trinajstić information content (AvgIpc) is 2.29. The number of rotatable bonds is 6. The van der Waals surface area contributed by atoms with Crippen molar-refractivity contribution < 1.29 is 4.74 Å². The monoisotopic (exact) mass is 240 g/mol. The molecule has 1 aromatic carbocycles. The Morgan fingerprint density at radius 3 is 2.88 bits per heavy atom. The fraction of sp³-hybridized carbons (Fsp3) is 0.500. The van der Waals surface area contributed by atoms with Gasteiger partial charge >= 0.3 is 0 Å². The molecule has 1 rings (SSSR count). The summed E-state index contributed by atoms with van der Waals surface area (Å²) in [4.78, 5) is 0. The lowest BCUT2D eigenvalue weighted by Gasteiger charge is -2.16. The summed E-state index contributed by atoms with van der Waals surface area (Å²) < 4.78 is 5.17. The van der Waals surface area contributed by atoms with Crippen LogP contribution in [0.1, 0.15) is 13.8 Å². The summed E-state index contributed by atoms with van der Waals surface area (Å²) in [5.74, 6) is 3.04. The fourth-order valence-corrected chi connectivity index (χ4v) is 2.06. The number of thioether (sulfide) groups is 1. The van der Waals surface area contributed by atoms with Gasteiger partial charge in [-0.25, -0.2) is 0 Å². The molecule has 1 aromatic rings. The summed E-state index contributed by atoms with van der Waals surface area (Å²) >= 11 is 1.92. The second kappa shape index (κ2) is 6.53. The summed E-state index contributed by atoms with van der Waals surface area (Å²) in [6.45, 7) is 4.32. The molecule has 0 radical (unpaired) electrons. The van der Waals surface area contributed by atoms with Crippen LogP contribution in [-0.2, 0) is 0 Å². The van der Waals surface area contributed by atoms with Gasteiger partial charge in [-0.2, -0.15) is 11.8 Å². The third kappa shape index (κ3) is 3.85. The third-order valence-electron chi connectivity index (χ3n) is 2.23. The molecule has 0 fully saturated rings. The molecule has 0 saturated carbocycles. The van der Waals surface area contributed by atoms with Gasteiger partial charge < -0.3 is 15.8 Å². The lowest BCUT2D eigenvalue weighted by Crippen LogP contribution is -2.18. The predicted molar refractivity (Wildman–Crippen MR) is 73.5 cm³/mol. The molecule has 0 aliphatic carbocycles. The maximum Gasteiger partial charge on any atom is 0.121 e. The highest BCUT2D eigenvalue weighted by atomic mass is 32.2. The SMILES string of the molecule is CCSCC(C)Nc1cc(OC)ccc1N. The standard InChI is InChI=1S/C12H20N2OS/c1-4-16-8-9(2)14-12-7-10(15-3)5-6-11(12)13/h5-7,9,14H,4,8,13H2,1-3H3. The molecule has 4 heteroatoms. The van der Waals surface area contributed by atoms with Crippen molar-refractivity contribution in [3.8, 4) is 5.75 Å². The minimum Gasteiger partial charge on any atom is -0.497 e. The van der Waals surface area contributed by atoms with Crippen LogP contribution in [0.15, 0.2) is 18.2 Å². The van der Waals surface area contributed by atoms with Crippen molar-refractivity contribution in [2.45, 2.75) is 19.9 Å². The molecule has 90 valence electrons. The second-order valence-corrected chi connectivity index (χ2v) is 4.98. The number of ether oxygens (including phenoxy) is 1. The summed E-state index contributed by atoms with van der Waals surface area (Å²) in [6.07, 6.45) is 0. The van der Waals surface area contributed by atoms with Crippen LogP contribution in [0.4, 0.5) is 11.4 Å². The van der Waals surface area contributed by atoms with Gasteiger partial charge in [0.15, 0.2) is 0 Å². The number of nitrogens with one attached hydrogen (secondary N) is 1. The average molecular weight is 240 g/mol. The molecule has 0 aliphatic rings. The molecule has 0 amide bonds. The topological polar surface area (TPSA) is 47.3 Å². The van der Waals surface area contributed by atoms with Crippen molar-refractivity contribution >= 4 is 23.1 Å². The smallest absolute Gasteiger partial charge is 0.121 e. The lowest BCUT2D eigenvalue weighted by molar-refractivity contribution is 0.415. The number of hydrogen-bond donors (Lipinski definition) is 2. The molecule has 1 unspecified atom stereocenters. The molecule has 3 nitrogen and oxygen atoms in total. The maximum absolute atomic E-state index is 5.90. The number of hydrogen-bond acceptors (Lipinski definition) is 4. The van der Waals surface area contributed by atoms with Crippen molar-refractivity contribution in [2.75, 3.05) is 29.7 Å². The number of benzene rings is 1. The molecule has 0 aromatic heterocycles. The maximum atomic E-state index is 5.90. The fourth-order valence-electron chi connectivity index (χ4n) is 1.39. The molecular formula is C12H20N2OS. The first kappa shape index (κ1) is 13.0. The zero-order valence-electron chi connectivity index (χ0n) is 10.1. The second-order valence-electron chi connectivity index (χ2n) is 3.66. The highest BCUT2D eigenvalue weighted by molar-refractivity contribution is 7.99. The Kier molecular flexibility index (Phi) is 5.32.